The highest BCUT2D eigenvalue weighted by Gasteiger charge is 2.25. The maximum absolute atomic E-state index is 12.3. The smallest absolute Gasteiger partial charge is 0.321 e. The van der Waals surface area contributed by atoms with Crippen LogP contribution in [-0.2, 0) is 4.79 Å². The first-order valence-corrected chi connectivity index (χ1v) is 9.46. The van der Waals surface area contributed by atoms with Crippen LogP contribution in [0.2, 0.25) is 0 Å². The molecule has 1 aromatic carbocycles. The van der Waals surface area contributed by atoms with Crippen molar-refractivity contribution in [3.05, 3.63) is 24.3 Å². The molecule has 8 nitrogen and oxygen atoms in total. The Balaban J connectivity index is 1.50. The van der Waals surface area contributed by atoms with Crippen molar-refractivity contribution in [3.8, 4) is 0 Å². The van der Waals surface area contributed by atoms with E-state index in [2.05, 4.69) is 16.0 Å². The number of benzene rings is 1. The molecule has 2 aliphatic rings. The highest BCUT2D eigenvalue weighted by atomic mass is 16.2. The van der Waals surface area contributed by atoms with E-state index in [1.165, 1.54) is 0 Å². The van der Waals surface area contributed by atoms with E-state index >= 15 is 0 Å². The molecule has 0 atom stereocenters. The van der Waals surface area contributed by atoms with Crippen LogP contribution in [0.5, 0.6) is 0 Å². The Morgan fingerprint density at radius 3 is 2.56 bits per heavy atom. The molecule has 0 spiro atoms. The molecule has 0 bridgehead atoms. The zero-order valence-electron chi connectivity index (χ0n) is 15.8. The number of nitrogens with one attached hydrogen (secondary N) is 3. The number of carbonyl (C=O) groups excluding carboxylic acids is 3. The molecule has 2 fully saturated rings. The minimum Gasteiger partial charge on any atom is -0.342 e. The summed E-state index contributed by atoms with van der Waals surface area (Å²) in [6.07, 6.45) is 1.50. The second kappa shape index (κ2) is 8.28. The average molecular weight is 373 g/mol. The summed E-state index contributed by atoms with van der Waals surface area (Å²) in [6, 6.07) is 6.89. The van der Waals surface area contributed by atoms with E-state index in [9.17, 15) is 14.4 Å². The van der Waals surface area contributed by atoms with Gasteiger partial charge in [0.15, 0.2) is 0 Å². The minimum atomic E-state index is -0.272. The summed E-state index contributed by atoms with van der Waals surface area (Å²) in [6.45, 7) is 6.38. The second-order valence-corrected chi connectivity index (χ2v) is 7.29. The molecule has 2 aliphatic heterocycles. The molecule has 1 aromatic rings. The molecule has 27 heavy (non-hydrogen) atoms. The second-order valence-electron chi connectivity index (χ2n) is 7.29. The van der Waals surface area contributed by atoms with Crippen LogP contribution in [0.15, 0.2) is 24.3 Å². The van der Waals surface area contributed by atoms with E-state index in [1.54, 1.807) is 17.0 Å². The summed E-state index contributed by atoms with van der Waals surface area (Å²) >= 11 is 0. The van der Waals surface area contributed by atoms with Crippen LogP contribution in [0, 0.1) is 5.92 Å². The summed E-state index contributed by atoms with van der Waals surface area (Å²) in [5.74, 6) is 0.170. The van der Waals surface area contributed by atoms with Gasteiger partial charge in [-0.15, -0.1) is 0 Å². The summed E-state index contributed by atoms with van der Waals surface area (Å²) in [7, 11) is 0. The molecule has 0 aromatic heterocycles. The van der Waals surface area contributed by atoms with Gasteiger partial charge in [0.25, 0.3) is 0 Å². The number of likely N-dealkylation sites (tertiary alicyclic amines) is 1. The molecule has 3 rings (SSSR count). The average Bonchev–Trinajstić information content (AvgIpc) is 3.08. The van der Waals surface area contributed by atoms with Crippen molar-refractivity contribution in [2.45, 2.75) is 32.7 Å². The molecule has 2 saturated heterocycles. The highest BCUT2D eigenvalue weighted by Crippen LogP contribution is 2.21. The first kappa shape index (κ1) is 19.0. The number of rotatable bonds is 4. The van der Waals surface area contributed by atoms with Gasteiger partial charge >= 0.3 is 12.1 Å². The topological polar surface area (TPSA) is 93.8 Å². The van der Waals surface area contributed by atoms with E-state index in [0.717, 1.165) is 18.5 Å². The van der Waals surface area contributed by atoms with E-state index in [-0.39, 0.29) is 29.9 Å². The van der Waals surface area contributed by atoms with Crippen LogP contribution in [0.1, 0.15) is 26.7 Å². The van der Waals surface area contributed by atoms with Crippen LogP contribution >= 0.6 is 0 Å². The SMILES string of the molecule is CC(C)C(=O)N1CCC(NC(=O)Nc2cccc(N3CCNC3=O)c2)CC1. The van der Waals surface area contributed by atoms with Crippen molar-refractivity contribution in [1.82, 2.24) is 15.5 Å². The summed E-state index contributed by atoms with van der Waals surface area (Å²) in [4.78, 5) is 39.6. The third-order valence-corrected chi connectivity index (χ3v) is 4.91. The van der Waals surface area contributed by atoms with Crippen LogP contribution in [0.4, 0.5) is 21.0 Å². The lowest BCUT2D eigenvalue weighted by atomic mass is 10.0. The summed E-state index contributed by atoms with van der Waals surface area (Å²) < 4.78 is 0. The number of amides is 5. The Labute approximate surface area is 159 Å². The van der Waals surface area contributed by atoms with Gasteiger partial charge < -0.3 is 20.9 Å². The third kappa shape index (κ3) is 4.69. The number of carbonyl (C=O) groups is 3. The van der Waals surface area contributed by atoms with Crippen molar-refractivity contribution in [2.24, 2.45) is 5.92 Å². The number of hydrogen-bond acceptors (Lipinski definition) is 3. The van der Waals surface area contributed by atoms with Gasteiger partial charge in [-0.05, 0) is 31.0 Å². The Kier molecular flexibility index (Phi) is 5.83. The van der Waals surface area contributed by atoms with Crippen LogP contribution in [0.25, 0.3) is 0 Å². The zero-order valence-corrected chi connectivity index (χ0v) is 15.8. The number of hydrogen-bond donors (Lipinski definition) is 3. The van der Waals surface area contributed by atoms with E-state index in [4.69, 9.17) is 0 Å². The fraction of sp³-hybridized carbons (Fsp3) is 0.526. The van der Waals surface area contributed by atoms with Gasteiger partial charge in [-0.2, -0.15) is 0 Å². The van der Waals surface area contributed by atoms with Gasteiger partial charge in [0.05, 0.1) is 0 Å². The normalized spacial score (nSPS) is 17.8. The Morgan fingerprint density at radius 2 is 1.93 bits per heavy atom. The molecular formula is C19H27N5O3. The molecule has 5 amide bonds. The first-order valence-electron chi connectivity index (χ1n) is 9.46. The molecular weight excluding hydrogens is 346 g/mol. The van der Waals surface area contributed by atoms with Gasteiger partial charge in [0, 0.05) is 49.5 Å². The molecule has 3 N–H and O–H groups in total. The zero-order chi connectivity index (χ0) is 19.4. The molecule has 0 aliphatic carbocycles. The maximum Gasteiger partial charge on any atom is 0.321 e. The van der Waals surface area contributed by atoms with Crippen molar-refractivity contribution >= 4 is 29.3 Å². The largest absolute Gasteiger partial charge is 0.342 e. The van der Waals surface area contributed by atoms with Gasteiger partial charge in [-0.3, -0.25) is 9.69 Å². The van der Waals surface area contributed by atoms with Crippen LogP contribution < -0.4 is 20.9 Å². The molecule has 0 saturated carbocycles. The van der Waals surface area contributed by atoms with E-state index in [1.807, 2.05) is 30.9 Å². The fourth-order valence-corrected chi connectivity index (χ4v) is 3.43. The van der Waals surface area contributed by atoms with E-state index in [0.29, 0.717) is 31.9 Å². The lowest BCUT2D eigenvalue weighted by molar-refractivity contribution is -0.135. The predicted octanol–water partition coefficient (Wildman–Crippen LogP) is 1.98. The summed E-state index contributed by atoms with van der Waals surface area (Å²) in [5, 5.41) is 8.56. The number of piperidine rings is 1. The molecule has 2 heterocycles. The lowest BCUT2D eigenvalue weighted by Crippen LogP contribution is -2.48. The first-order chi connectivity index (χ1) is 12.9. The Hall–Kier alpha value is -2.77. The fourth-order valence-electron chi connectivity index (χ4n) is 3.43. The van der Waals surface area contributed by atoms with E-state index < -0.39 is 0 Å². The molecule has 0 unspecified atom stereocenters. The number of nitrogens with zero attached hydrogens (tertiary/aromatic N) is 2. The van der Waals surface area contributed by atoms with Crippen LogP contribution in [-0.4, -0.2) is 55.1 Å². The Bertz CT molecular complexity index is 713. The van der Waals surface area contributed by atoms with Crippen molar-refractivity contribution in [1.29, 1.82) is 0 Å². The molecule has 8 heteroatoms. The minimum absolute atomic E-state index is 0.00257. The lowest BCUT2D eigenvalue weighted by Gasteiger charge is -2.33. The van der Waals surface area contributed by atoms with Crippen molar-refractivity contribution < 1.29 is 14.4 Å². The predicted molar refractivity (Wildman–Crippen MR) is 104 cm³/mol. The monoisotopic (exact) mass is 373 g/mol. The highest BCUT2D eigenvalue weighted by molar-refractivity contribution is 5.95. The number of urea groups is 2. The van der Waals surface area contributed by atoms with Gasteiger partial charge in [0.1, 0.15) is 0 Å². The Morgan fingerprint density at radius 1 is 1.19 bits per heavy atom. The quantitative estimate of drug-likeness (QED) is 0.753. The van der Waals surface area contributed by atoms with Crippen molar-refractivity contribution in [2.75, 3.05) is 36.4 Å². The maximum atomic E-state index is 12.3. The van der Waals surface area contributed by atoms with Crippen LogP contribution in [0.3, 0.4) is 0 Å². The third-order valence-electron chi connectivity index (χ3n) is 4.91. The molecule has 0 radical (unpaired) electrons. The van der Waals surface area contributed by atoms with Gasteiger partial charge in [-0.25, -0.2) is 9.59 Å². The van der Waals surface area contributed by atoms with Gasteiger partial charge in [-0.1, -0.05) is 19.9 Å². The summed E-state index contributed by atoms with van der Waals surface area (Å²) in [5.41, 5.74) is 1.39. The van der Waals surface area contributed by atoms with Crippen molar-refractivity contribution in [3.63, 3.8) is 0 Å². The number of anilines is 2. The van der Waals surface area contributed by atoms with Gasteiger partial charge in [0.2, 0.25) is 5.91 Å². The standard InChI is InChI=1S/C19H27N5O3/c1-13(2)17(25)23-9-6-14(7-10-23)21-18(26)22-15-4-3-5-16(12-15)24-11-8-20-19(24)27/h3-5,12-14H,6-11H2,1-2H3,(H,20,27)(H2,21,22,26). The molecule has 146 valence electrons.